The van der Waals surface area contributed by atoms with Crippen LogP contribution in [0, 0.1) is 6.92 Å². The summed E-state index contributed by atoms with van der Waals surface area (Å²) in [6.07, 6.45) is 3.14. The summed E-state index contributed by atoms with van der Waals surface area (Å²) >= 11 is 9.17. The third-order valence-corrected chi connectivity index (χ3v) is 5.84. The lowest BCUT2D eigenvalue weighted by atomic mass is 10.2. The summed E-state index contributed by atoms with van der Waals surface area (Å²) in [7, 11) is 0. The number of carbonyl (C=O) groups excluding carboxylic acids is 1. The zero-order chi connectivity index (χ0) is 17.4. The number of nitrogens with one attached hydrogen (secondary N) is 1. The molecule has 1 amide bonds. The molecule has 0 saturated carbocycles. The van der Waals surface area contributed by atoms with Gasteiger partial charge >= 0.3 is 0 Å². The number of rotatable bonds is 3. The molecule has 2 aromatic carbocycles. The number of nitrogens with zero attached hydrogens (tertiary/aromatic N) is 2. The number of amides is 1. The standard InChI is InChI=1S/C18H12ClN3OS2/c1-10-20-16-14(24-10)8-7-13-17(16)25-18(21-13)22-15(23)9-6-11-4-2-3-5-12(11)19/h2-9H,1H3,(H,21,22,23)/b9-6+. The van der Waals surface area contributed by atoms with Crippen molar-refractivity contribution in [3.8, 4) is 0 Å². The largest absolute Gasteiger partial charge is 0.298 e. The molecule has 124 valence electrons. The van der Waals surface area contributed by atoms with E-state index in [9.17, 15) is 4.79 Å². The molecule has 0 fully saturated rings. The van der Waals surface area contributed by atoms with Crippen LogP contribution >= 0.6 is 34.3 Å². The van der Waals surface area contributed by atoms with E-state index in [0.29, 0.717) is 10.2 Å². The summed E-state index contributed by atoms with van der Waals surface area (Å²) in [6, 6.07) is 11.3. The SMILES string of the molecule is Cc1nc2c(ccc3nc(NC(=O)/C=C/c4ccccc4Cl)sc32)s1. The van der Waals surface area contributed by atoms with E-state index in [1.54, 1.807) is 23.5 Å². The maximum absolute atomic E-state index is 12.2. The second-order valence-corrected chi connectivity index (χ2v) is 8.00. The van der Waals surface area contributed by atoms with Crippen LogP contribution in [-0.4, -0.2) is 15.9 Å². The number of carbonyl (C=O) groups is 1. The monoisotopic (exact) mass is 385 g/mol. The van der Waals surface area contributed by atoms with Gasteiger partial charge in [-0.25, -0.2) is 9.97 Å². The fraction of sp³-hybridized carbons (Fsp3) is 0.0556. The van der Waals surface area contributed by atoms with Crippen molar-refractivity contribution in [3.63, 3.8) is 0 Å². The molecule has 1 N–H and O–H groups in total. The van der Waals surface area contributed by atoms with Crippen LogP contribution < -0.4 is 5.32 Å². The van der Waals surface area contributed by atoms with Crippen molar-refractivity contribution in [1.29, 1.82) is 0 Å². The first-order valence-electron chi connectivity index (χ1n) is 7.50. The number of halogens is 1. The molecule has 0 saturated heterocycles. The molecule has 0 aliphatic heterocycles. The van der Waals surface area contributed by atoms with Gasteiger partial charge in [0.1, 0.15) is 5.52 Å². The quantitative estimate of drug-likeness (QED) is 0.472. The summed E-state index contributed by atoms with van der Waals surface area (Å²) in [5.74, 6) is -0.246. The van der Waals surface area contributed by atoms with Crippen LogP contribution in [0.3, 0.4) is 0 Å². The minimum atomic E-state index is -0.246. The predicted molar refractivity (Wildman–Crippen MR) is 107 cm³/mol. The Bertz CT molecular complexity index is 1130. The zero-order valence-electron chi connectivity index (χ0n) is 13.1. The number of hydrogen-bond donors (Lipinski definition) is 1. The Balaban J connectivity index is 1.59. The molecule has 7 heteroatoms. The lowest BCUT2D eigenvalue weighted by molar-refractivity contribution is -0.111. The van der Waals surface area contributed by atoms with Gasteiger partial charge in [-0.2, -0.15) is 0 Å². The minimum absolute atomic E-state index is 0.246. The average Bonchev–Trinajstić information content (AvgIpc) is 3.15. The van der Waals surface area contributed by atoms with Crippen molar-refractivity contribution < 1.29 is 4.79 Å². The average molecular weight is 386 g/mol. The second kappa shape index (κ2) is 6.55. The van der Waals surface area contributed by atoms with E-state index in [1.165, 1.54) is 17.4 Å². The summed E-state index contributed by atoms with van der Waals surface area (Å²) < 4.78 is 2.12. The molecule has 2 aromatic heterocycles. The molecule has 0 atom stereocenters. The topological polar surface area (TPSA) is 54.9 Å². The van der Waals surface area contributed by atoms with Crippen molar-refractivity contribution in [3.05, 3.63) is 58.1 Å². The van der Waals surface area contributed by atoms with Crippen LogP contribution in [0.4, 0.5) is 5.13 Å². The third-order valence-electron chi connectivity index (χ3n) is 3.57. The van der Waals surface area contributed by atoms with Gasteiger partial charge in [-0.3, -0.25) is 10.1 Å². The Kier molecular flexibility index (Phi) is 4.25. The highest BCUT2D eigenvalue weighted by molar-refractivity contribution is 7.24. The number of aryl methyl sites for hydroxylation is 1. The first-order valence-corrected chi connectivity index (χ1v) is 9.51. The van der Waals surface area contributed by atoms with Gasteiger partial charge < -0.3 is 0 Å². The molecule has 25 heavy (non-hydrogen) atoms. The molecule has 4 nitrogen and oxygen atoms in total. The number of aromatic nitrogens is 2. The second-order valence-electron chi connectivity index (χ2n) is 5.36. The highest BCUT2D eigenvalue weighted by Crippen LogP contribution is 2.34. The fourth-order valence-corrected chi connectivity index (χ4v) is 4.52. The van der Waals surface area contributed by atoms with Gasteiger partial charge in [-0.05, 0) is 36.8 Å². The van der Waals surface area contributed by atoms with Crippen LogP contribution in [0.1, 0.15) is 10.6 Å². The normalized spacial score (nSPS) is 11.6. The molecule has 0 aliphatic rings. The zero-order valence-corrected chi connectivity index (χ0v) is 15.5. The Morgan fingerprint density at radius 1 is 1.16 bits per heavy atom. The van der Waals surface area contributed by atoms with Gasteiger partial charge in [-0.1, -0.05) is 41.1 Å². The molecule has 0 bridgehead atoms. The van der Waals surface area contributed by atoms with E-state index >= 15 is 0 Å². The van der Waals surface area contributed by atoms with Gasteiger partial charge in [0.25, 0.3) is 0 Å². The lowest BCUT2D eigenvalue weighted by Crippen LogP contribution is -2.07. The van der Waals surface area contributed by atoms with Crippen molar-refractivity contribution in [2.24, 2.45) is 0 Å². The summed E-state index contributed by atoms with van der Waals surface area (Å²) in [4.78, 5) is 21.2. The molecule has 0 radical (unpaired) electrons. The van der Waals surface area contributed by atoms with E-state index in [0.717, 1.165) is 31.0 Å². The molecule has 4 aromatic rings. The lowest BCUT2D eigenvalue weighted by Gasteiger charge is -1.97. The van der Waals surface area contributed by atoms with Crippen LogP contribution in [-0.2, 0) is 4.79 Å². The fourth-order valence-electron chi connectivity index (χ4n) is 2.46. The Morgan fingerprint density at radius 3 is 2.84 bits per heavy atom. The molecule has 2 heterocycles. The first-order chi connectivity index (χ1) is 12.1. The number of anilines is 1. The molecule has 4 rings (SSSR count). The molecular formula is C18H12ClN3OS2. The number of thiazole rings is 2. The maximum atomic E-state index is 12.2. The summed E-state index contributed by atoms with van der Waals surface area (Å²) in [5.41, 5.74) is 2.58. The van der Waals surface area contributed by atoms with Crippen LogP contribution in [0.5, 0.6) is 0 Å². The minimum Gasteiger partial charge on any atom is -0.298 e. The molecule has 0 unspecified atom stereocenters. The summed E-state index contributed by atoms with van der Waals surface area (Å²) in [6.45, 7) is 1.99. The van der Waals surface area contributed by atoms with Crippen molar-refractivity contribution in [1.82, 2.24) is 9.97 Å². The Labute approximate surface area is 156 Å². The Hall–Kier alpha value is -2.28. The van der Waals surface area contributed by atoms with E-state index in [2.05, 4.69) is 15.3 Å². The van der Waals surface area contributed by atoms with Gasteiger partial charge in [0, 0.05) is 11.1 Å². The van der Waals surface area contributed by atoms with Gasteiger partial charge in [0.2, 0.25) is 5.91 Å². The van der Waals surface area contributed by atoms with Crippen LogP contribution in [0.15, 0.2) is 42.5 Å². The third kappa shape index (κ3) is 3.28. The number of fused-ring (bicyclic) bond motifs is 3. The molecular weight excluding hydrogens is 374 g/mol. The smallest absolute Gasteiger partial charge is 0.250 e. The van der Waals surface area contributed by atoms with Gasteiger partial charge in [0.15, 0.2) is 5.13 Å². The first kappa shape index (κ1) is 16.2. The maximum Gasteiger partial charge on any atom is 0.250 e. The van der Waals surface area contributed by atoms with Crippen LogP contribution in [0.2, 0.25) is 5.02 Å². The van der Waals surface area contributed by atoms with E-state index in [4.69, 9.17) is 11.6 Å². The predicted octanol–water partition coefficient (Wildman–Crippen LogP) is 5.52. The van der Waals surface area contributed by atoms with E-state index in [-0.39, 0.29) is 5.91 Å². The highest BCUT2D eigenvalue weighted by Gasteiger charge is 2.11. The number of benzene rings is 2. The van der Waals surface area contributed by atoms with Crippen LogP contribution in [0.25, 0.3) is 26.5 Å². The van der Waals surface area contributed by atoms with Gasteiger partial charge in [-0.15, -0.1) is 11.3 Å². The van der Waals surface area contributed by atoms with E-state index in [1.807, 2.05) is 37.3 Å². The van der Waals surface area contributed by atoms with Crippen molar-refractivity contribution in [2.75, 3.05) is 5.32 Å². The van der Waals surface area contributed by atoms with Gasteiger partial charge in [0.05, 0.1) is 19.9 Å². The highest BCUT2D eigenvalue weighted by atomic mass is 35.5. The molecule has 0 aliphatic carbocycles. The van der Waals surface area contributed by atoms with Crippen molar-refractivity contribution in [2.45, 2.75) is 6.92 Å². The van der Waals surface area contributed by atoms with Crippen molar-refractivity contribution >= 4 is 71.8 Å². The van der Waals surface area contributed by atoms with E-state index < -0.39 is 0 Å². The summed E-state index contributed by atoms with van der Waals surface area (Å²) in [5, 5.41) is 4.99. The Morgan fingerprint density at radius 2 is 2.00 bits per heavy atom. The molecule has 0 spiro atoms. The number of hydrogen-bond acceptors (Lipinski definition) is 5.